The Hall–Kier alpha value is -2.65. The molecule has 1 aliphatic heterocycles. The lowest BCUT2D eigenvalue weighted by molar-refractivity contribution is 0.0957. The lowest BCUT2D eigenvalue weighted by Gasteiger charge is -2.17. The Morgan fingerprint density at radius 1 is 1.29 bits per heavy atom. The van der Waals surface area contributed by atoms with E-state index in [0.717, 1.165) is 17.7 Å². The number of rotatable bonds is 5. The molecule has 0 spiro atoms. The topological polar surface area (TPSA) is 56.8 Å². The van der Waals surface area contributed by atoms with E-state index in [2.05, 4.69) is 53.0 Å². The van der Waals surface area contributed by atoms with Gasteiger partial charge in [-0.3, -0.25) is 4.79 Å². The summed E-state index contributed by atoms with van der Waals surface area (Å²) in [5.41, 5.74) is 1.43. The first-order chi connectivity index (χ1) is 13.4. The molecule has 146 valence electrons. The lowest BCUT2D eigenvalue weighted by Crippen LogP contribution is -2.24. The largest absolute Gasteiger partial charge is 0.497 e. The van der Waals surface area contributed by atoms with Gasteiger partial charge < -0.3 is 19.5 Å². The van der Waals surface area contributed by atoms with E-state index >= 15 is 0 Å². The fraction of sp³-hybridized carbons (Fsp3) is 0.318. The van der Waals surface area contributed by atoms with Crippen molar-refractivity contribution in [2.24, 2.45) is 0 Å². The molecule has 0 fully saturated rings. The molecule has 3 rings (SSSR count). The number of hydrogen-bond acceptors (Lipinski definition) is 4. The number of fused-ring (bicyclic) bond motifs is 1. The maximum atomic E-state index is 12.3. The van der Waals surface area contributed by atoms with E-state index in [1.807, 2.05) is 12.1 Å². The molecule has 1 aliphatic rings. The smallest absolute Gasteiger partial charge is 0.253 e. The van der Waals surface area contributed by atoms with Crippen molar-refractivity contribution >= 4 is 21.8 Å². The lowest BCUT2D eigenvalue weighted by atomic mass is 10.0. The van der Waals surface area contributed by atoms with E-state index in [1.54, 1.807) is 25.3 Å². The first-order valence-electron chi connectivity index (χ1n) is 8.91. The van der Waals surface area contributed by atoms with Crippen LogP contribution in [0.1, 0.15) is 29.8 Å². The van der Waals surface area contributed by atoms with E-state index in [0.29, 0.717) is 21.5 Å². The van der Waals surface area contributed by atoms with Crippen LogP contribution in [0.25, 0.3) is 0 Å². The molecular weight excluding hydrogens is 422 g/mol. The number of hydrogen-bond donors (Lipinski definition) is 1. The molecule has 0 unspecified atom stereocenters. The van der Waals surface area contributed by atoms with Gasteiger partial charge in [-0.25, -0.2) is 0 Å². The van der Waals surface area contributed by atoms with Crippen LogP contribution < -0.4 is 19.5 Å². The number of para-hydroxylation sites is 1. The molecule has 1 heterocycles. The standard InChI is InChI=1S/C22H22BrNO4/c1-22(2)14-15-7-6-8-19(20(15)28-22)27-12-5-4-11-24-21(25)17-13-16(26-3)9-10-18(17)23/h6-10,13H,11-12,14H2,1-3H3,(H,24,25). The van der Waals surface area contributed by atoms with Crippen LogP contribution in [0, 0.1) is 11.8 Å². The molecule has 6 heteroatoms. The predicted molar refractivity (Wildman–Crippen MR) is 111 cm³/mol. The van der Waals surface area contributed by atoms with Gasteiger partial charge in [-0.1, -0.05) is 24.0 Å². The van der Waals surface area contributed by atoms with Gasteiger partial charge in [0.05, 0.1) is 19.2 Å². The minimum atomic E-state index is -0.225. The fourth-order valence-corrected chi connectivity index (χ4v) is 3.38. The third kappa shape index (κ3) is 4.79. The molecule has 2 aromatic carbocycles. The quantitative estimate of drug-likeness (QED) is 0.709. The summed E-state index contributed by atoms with van der Waals surface area (Å²) in [5, 5.41) is 2.76. The van der Waals surface area contributed by atoms with E-state index < -0.39 is 0 Å². The molecule has 2 aromatic rings. The van der Waals surface area contributed by atoms with Crippen molar-refractivity contribution in [1.29, 1.82) is 0 Å². The van der Waals surface area contributed by atoms with Crippen LogP contribution in [0.5, 0.6) is 17.2 Å². The van der Waals surface area contributed by atoms with E-state index in [4.69, 9.17) is 14.2 Å². The second-order valence-corrected chi connectivity index (χ2v) is 7.81. The van der Waals surface area contributed by atoms with Crippen LogP contribution in [0.15, 0.2) is 40.9 Å². The Bertz CT molecular complexity index is 943. The SMILES string of the molecule is COc1ccc(Br)c(C(=O)NCC#CCOc2cccc3c2OC(C)(C)C3)c1. The zero-order valence-corrected chi connectivity index (χ0v) is 17.7. The number of methoxy groups -OCH3 is 1. The predicted octanol–water partition coefficient (Wildman–Crippen LogP) is 3.98. The molecule has 0 aromatic heterocycles. The van der Waals surface area contributed by atoms with Crippen molar-refractivity contribution in [2.45, 2.75) is 25.9 Å². The van der Waals surface area contributed by atoms with Crippen molar-refractivity contribution in [3.8, 4) is 29.1 Å². The summed E-state index contributed by atoms with van der Waals surface area (Å²) in [5.74, 6) is 7.69. The van der Waals surface area contributed by atoms with Crippen LogP contribution in [0.3, 0.4) is 0 Å². The van der Waals surface area contributed by atoms with Gasteiger partial charge in [0.25, 0.3) is 5.91 Å². The monoisotopic (exact) mass is 443 g/mol. The summed E-state index contributed by atoms with van der Waals surface area (Å²) in [6.07, 6.45) is 0.858. The summed E-state index contributed by atoms with van der Waals surface area (Å²) in [4.78, 5) is 12.3. The number of ether oxygens (including phenoxy) is 3. The van der Waals surface area contributed by atoms with E-state index in [9.17, 15) is 4.79 Å². The molecule has 5 nitrogen and oxygen atoms in total. The highest BCUT2D eigenvalue weighted by Crippen LogP contribution is 2.41. The van der Waals surface area contributed by atoms with Gasteiger partial charge in [0, 0.05) is 16.5 Å². The Balaban J connectivity index is 1.51. The zero-order chi connectivity index (χ0) is 20.1. The van der Waals surface area contributed by atoms with Crippen LogP contribution in [-0.4, -0.2) is 31.8 Å². The van der Waals surface area contributed by atoms with Gasteiger partial charge in [-0.05, 0) is 54.0 Å². The van der Waals surface area contributed by atoms with Crippen molar-refractivity contribution < 1.29 is 19.0 Å². The first-order valence-corrected chi connectivity index (χ1v) is 9.70. The number of amides is 1. The summed E-state index contributed by atoms with van der Waals surface area (Å²) in [6.45, 7) is 4.56. The summed E-state index contributed by atoms with van der Waals surface area (Å²) < 4.78 is 17.6. The van der Waals surface area contributed by atoms with E-state index in [-0.39, 0.29) is 24.7 Å². The average Bonchev–Trinajstić information content (AvgIpc) is 2.99. The second-order valence-electron chi connectivity index (χ2n) is 6.95. The Kier molecular flexibility index (Phi) is 6.15. The normalized spacial score (nSPS) is 13.6. The molecule has 0 aliphatic carbocycles. The summed E-state index contributed by atoms with van der Waals surface area (Å²) >= 11 is 3.37. The number of benzene rings is 2. The maximum Gasteiger partial charge on any atom is 0.253 e. The summed E-state index contributed by atoms with van der Waals surface area (Å²) in [6, 6.07) is 11.1. The van der Waals surface area contributed by atoms with Crippen LogP contribution in [0.2, 0.25) is 0 Å². The Morgan fingerprint density at radius 2 is 2.11 bits per heavy atom. The number of carbonyl (C=O) groups excluding carboxylic acids is 1. The third-order valence-electron chi connectivity index (χ3n) is 4.24. The molecule has 0 bridgehead atoms. The van der Waals surface area contributed by atoms with Gasteiger partial charge in [-0.15, -0.1) is 0 Å². The molecular formula is C22H22BrNO4. The molecule has 0 radical (unpaired) electrons. The van der Waals surface area contributed by atoms with Crippen molar-refractivity contribution in [3.05, 3.63) is 52.0 Å². The second kappa shape index (κ2) is 8.57. The third-order valence-corrected chi connectivity index (χ3v) is 4.93. The maximum absolute atomic E-state index is 12.3. The fourth-order valence-electron chi connectivity index (χ4n) is 2.95. The van der Waals surface area contributed by atoms with Crippen LogP contribution >= 0.6 is 15.9 Å². The highest BCUT2D eigenvalue weighted by molar-refractivity contribution is 9.10. The van der Waals surface area contributed by atoms with Crippen molar-refractivity contribution in [2.75, 3.05) is 20.3 Å². The molecule has 28 heavy (non-hydrogen) atoms. The molecule has 0 saturated heterocycles. The van der Waals surface area contributed by atoms with Crippen LogP contribution in [0.4, 0.5) is 0 Å². The Labute approximate surface area is 173 Å². The molecule has 1 amide bonds. The highest BCUT2D eigenvalue weighted by atomic mass is 79.9. The van der Waals surface area contributed by atoms with Gasteiger partial charge in [0.1, 0.15) is 18.0 Å². The average molecular weight is 444 g/mol. The van der Waals surface area contributed by atoms with Gasteiger partial charge in [0.15, 0.2) is 11.5 Å². The minimum absolute atomic E-state index is 0.216. The van der Waals surface area contributed by atoms with E-state index in [1.165, 1.54) is 0 Å². The van der Waals surface area contributed by atoms with Crippen LogP contribution in [-0.2, 0) is 6.42 Å². The highest BCUT2D eigenvalue weighted by Gasteiger charge is 2.32. The number of nitrogens with one attached hydrogen (secondary N) is 1. The summed E-state index contributed by atoms with van der Waals surface area (Å²) in [7, 11) is 1.56. The zero-order valence-electron chi connectivity index (χ0n) is 16.1. The van der Waals surface area contributed by atoms with Crippen molar-refractivity contribution in [1.82, 2.24) is 5.32 Å². The number of carbonyl (C=O) groups is 1. The van der Waals surface area contributed by atoms with Gasteiger partial charge in [0.2, 0.25) is 0 Å². The van der Waals surface area contributed by atoms with Gasteiger partial charge >= 0.3 is 0 Å². The first kappa shape index (κ1) is 20.1. The molecule has 0 atom stereocenters. The number of halogens is 1. The van der Waals surface area contributed by atoms with Crippen molar-refractivity contribution in [3.63, 3.8) is 0 Å². The van der Waals surface area contributed by atoms with Gasteiger partial charge in [-0.2, -0.15) is 0 Å². The Morgan fingerprint density at radius 3 is 2.89 bits per heavy atom. The minimum Gasteiger partial charge on any atom is -0.497 e. The molecule has 1 N–H and O–H groups in total. The molecule has 0 saturated carbocycles.